The zero-order chi connectivity index (χ0) is 14.7. The van der Waals surface area contributed by atoms with Gasteiger partial charge >= 0.3 is 0 Å². The Hall–Kier alpha value is -2.44. The van der Waals surface area contributed by atoms with E-state index < -0.39 is 17.5 Å². The van der Waals surface area contributed by atoms with Crippen molar-refractivity contribution < 1.29 is 17.9 Å². The van der Waals surface area contributed by atoms with E-state index in [4.69, 9.17) is 4.74 Å². The number of benzene rings is 1. The van der Waals surface area contributed by atoms with E-state index in [9.17, 15) is 13.2 Å². The first-order chi connectivity index (χ1) is 9.55. The van der Waals surface area contributed by atoms with Crippen molar-refractivity contribution in [1.82, 2.24) is 4.98 Å². The van der Waals surface area contributed by atoms with Crippen molar-refractivity contribution in [2.24, 2.45) is 0 Å². The van der Waals surface area contributed by atoms with E-state index in [-0.39, 0.29) is 17.4 Å². The summed E-state index contributed by atoms with van der Waals surface area (Å²) in [6, 6.07) is 4.61. The highest BCUT2D eigenvalue weighted by atomic mass is 19.1. The second-order valence-electron chi connectivity index (χ2n) is 3.87. The Morgan fingerprint density at radius 3 is 2.35 bits per heavy atom. The van der Waals surface area contributed by atoms with Gasteiger partial charge in [-0.3, -0.25) is 0 Å². The summed E-state index contributed by atoms with van der Waals surface area (Å²) >= 11 is 0. The van der Waals surface area contributed by atoms with Crippen molar-refractivity contribution in [3.63, 3.8) is 0 Å². The van der Waals surface area contributed by atoms with E-state index in [0.717, 1.165) is 0 Å². The standard InChI is InChI=1S/C13H12F3N3O/c1-17-12-9(15)6-10(16)13(19-12)18-7-3-4-8(14)11(5-7)20-2/h3-6H,1-2H3,(H2,17,18,19). The second-order valence-corrected chi connectivity index (χ2v) is 3.87. The Morgan fingerprint density at radius 2 is 1.70 bits per heavy atom. The number of nitrogens with zero attached hydrogens (tertiary/aromatic N) is 1. The zero-order valence-electron chi connectivity index (χ0n) is 10.8. The van der Waals surface area contributed by atoms with E-state index in [1.807, 2.05) is 0 Å². The molecular weight excluding hydrogens is 271 g/mol. The van der Waals surface area contributed by atoms with Gasteiger partial charge in [0.05, 0.1) is 7.11 Å². The molecule has 2 rings (SSSR count). The summed E-state index contributed by atoms with van der Waals surface area (Å²) in [5, 5.41) is 5.14. The van der Waals surface area contributed by atoms with Crippen molar-refractivity contribution in [2.75, 3.05) is 24.8 Å². The first kappa shape index (κ1) is 14.0. The number of anilines is 3. The van der Waals surface area contributed by atoms with Gasteiger partial charge in [0.25, 0.3) is 0 Å². The van der Waals surface area contributed by atoms with Crippen LogP contribution in [0.5, 0.6) is 5.75 Å². The number of ether oxygens (including phenoxy) is 1. The minimum Gasteiger partial charge on any atom is -0.494 e. The maximum absolute atomic E-state index is 13.6. The third kappa shape index (κ3) is 2.76. The van der Waals surface area contributed by atoms with Crippen LogP contribution in [0.15, 0.2) is 24.3 Å². The Kier molecular flexibility index (Phi) is 3.97. The summed E-state index contributed by atoms with van der Waals surface area (Å²) in [6.45, 7) is 0. The molecule has 0 aliphatic carbocycles. The number of aromatic nitrogens is 1. The number of hydrogen-bond donors (Lipinski definition) is 2. The second kappa shape index (κ2) is 5.68. The maximum atomic E-state index is 13.6. The van der Waals surface area contributed by atoms with Crippen LogP contribution in [0.1, 0.15) is 0 Å². The smallest absolute Gasteiger partial charge is 0.169 e. The fourth-order valence-corrected chi connectivity index (χ4v) is 1.60. The number of methoxy groups -OCH3 is 1. The van der Waals surface area contributed by atoms with Crippen LogP contribution in [0.3, 0.4) is 0 Å². The molecule has 4 nitrogen and oxygen atoms in total. The SMILES string of the molecule is CNc1nc(Nc2ccc(F)c(OC)c2)c(F)cc1F. The average Bonchev–Trinajstić information content (AvgIpc) is 2.43. The Morgan fingerprint density at radius 1 is 1.00 bits per heavy atom. The van der Waals surface area contributed by atoms with Crippen LogP contribution in [0, 0.1) is 17.5 Å². The molecule has 0 radical (unpaired) electrons. The minimum atomic E-state index is -0.857. The molecule has 1 heterocycles. The van der Waals surface area contributed by atoms with Crippen molar-refractivity contribution in [1.29, 1.82) is 0 Å². The Labute approximate surface area is 113 Å². The van der Waals surface area contributed by atoms with Crippen LogP contribution >= 0.6 is 0 Å². The lowest BCUT2D eigenvalue weighted by atomic mass is 10.3. The predicted molar refractivity (Wildman–Crippen MR) is 69.9 cm³/mol. The molecule has 0 spiro atoms. The van der Waals surface area contributed by atoms with E-state index in [2.05, 4.69) is 15.6 Å². The normalized spacial score (nSPS) is 10.2. The summed E-state index contributed by atoms with van der Waals surface area (Å²) in [6.07, 6.45) is 0. The first-order valence-corrected chi connectivity index (χ1v) is 5.69. The van der Waals surface area contributed by atoms with Gasteiger partial charge < -0.3 is 15.4 Å². The predicted octanol–water partition coefficient (Wildman–Crippen LogP) is 3.29. The van der Waals surface area contributed by atoms with Gasteiger partial charge in [-0.25, -0.2) is 18.2 Å². The molecule has 0 aliphatic rings. The molecule has 0 atom stereocenters. The highest BCUT2D eigenvalue weighted by Gasteiger charge is 2.12. The monoisotopic (exact) mass is 283 g/mol. The fraction of sp³-hybridized carbons (Fsp3) is 0.154. The molecule has 0 bridgehead atoms. The van der Waals surface area contributed by atoms with Crippen LogP contribution in [0.4, 0.5) is 30.5 Å². The number of nitrogens with one attached hydrogen (secondary N) is 2. The summed E-state index contributed by atoms with van der Waals surface area (Å²) in [5.74, 6) is -2.46. The molecule has 0 saturated heterocycles. The number of hydrogen-bond acceptors (Lipinski definition) is 4. The lowest BCUT2D eigenvalue weighted by Crippen LogP contribution is -2.03. The molecule has 7 heteroatoms. The number of rotatable bonds is 4. The van der Waals surface area contributed by atoms with Gasteiger partial charge in [-0.05, 0) is 12.1 Å². The van der Waals surface area contributed by atoms with E-state index in [1.54, 1.807) is 0 Å². The van der Waals surface area contributed by atoms with Crippen molar-refractivity contribution >= 4 is 17.3 Å². The van der Waals surface area contributed by atoms with Gasteiger partial charge in [0.15, 0.2) is 34.8 Å². The highest BCUT2D eigenvalue weighted by molar-refractivity contribution is 5.60. The molecule has 1 aromatic heterocycles. The molecule has 0 fully saturated rings. The number of halogens is 3. The number of pyridine rings is 1. The third-order valence-corrected chi connectivity index (χ3v) is 2.58. The summed E-state index contributed by atoms with van der Waals surface area (Å²) in [7, 11) is 2.78. The largest absolute Gasteiger partial charge is 0.494 e. The molecular formula is C13H12F3N3O. The van der Waals surface area contributed by atoms with Gasteiger partial charge in [-0.15, -0.1) is 0 Å². The maximum Gasteiger partial charge on any atom is 0.169 e. The van der Waals surface area contributed by atoms with Crippen molar-refractivity contribution in [3.05, 3.63) is 41.7 Å². The van der Waals surface area contributed by atoms with E-state index >= 15 is 0 Å². The van der Waals surface area contributed by atoms with E-state index in [0.29, 0.717) is 11.8 Å². The molecule has 0 unspecified atom stereocenters. The molecule has 0 amide bonds. The molecule has 20 heavy (non-hydrogen) atoms. The minimum absolute atomic E-state index is 0.00589. The molecule has 106 valence electrons. The molecule has 1 aromatic carbocycles. The fourth-order valence-electron chi connectivity index (χ4n) is 1.60. The van der Waals surface area contributed by atoms with Gasteiger partial charge in [0.2, 0.25) is 0 Å². The van der Waals surface area contributed by atoms with Crippen molar-refractivity contribution in [2.45, 2.75) is 0 Å². The third-order valence-electron chi connectivity index (χ3n) is 2.58. The lowest BCUT2D eigenvalue weighted by Gasteiger charge is -2.10. The van der Waals surface area contributed by atoms with Gasteiger partial charge in [0, 0.05) is 24.9 Å². The Balaban J connectivity index is 2.34. The van der Waals surface area contributed by atoms with Gasteiger partial charge in [-0.1, -0.05) is 0 Å². The zero-order valence-corrected chi connectivity index (χ0v) is 10.8. The molecule has 0 aliphatic heterocycles. The van der Waals surface area contributed by atoms with E-state index in [1.165, 1.54) is 32.4 Å². The van der Waals surface area contributed by atoms with Crippen molar-refractivity contribution in [3.8, 4) is 5.75 Å². The molecule has 2 aromatic rings. The topological polar surface area (TPSA) is 46.2 Å². The van der Waals surface area contributed by atoms with Crippen LogP contribution in [0.2, 0.25) is 0 Å². The lowest BCUT2D eigenvalue weighted by molar-refractivity contribution is 0.387. The van der Waals surface area contributed by atoms with Crippen LogP contribution < -0.4 is 15.4 Å². The first-order valence-electron chi connectivity index (χ1n) is 5.69. The van der Waals surface area contributed by atoms with Crippen LogP contribution in [0.25, 0.3) is 0 Å². The molecule has 0 saturated carbocycles. The van der Waals surface area contributed by atoms with Crippen LogP contribution in [-0.2, 0) is 0 Å². The Bertz CT molecular complexity index is 634. The van der Waals surface area contributed by atoms with Gasteiger partial charge in [0.1, 0.15) is 0 Å². The summed E-state index contributed by atoms with van der Waals surface area (Å²) in [5.41, 5.74) is 0.364. The van der Waals surface area contributed by atoms with Gasteiger partial charge in [-0.2, -0.15) is 0 Å². The quantitative estimate of drug-likeness (QED) is 0.904. The average molecular weight is 283 g/mol. The summed E-state index contributed by atoms with van der Waals surface area (Å²) < 4.78 is 45.0. The highest BCUT2D eigenvalue weighted by Crippen LogP contribution is 2.26. The summed E-state index contributed by atoms with van der Waals surface area (Å²) in [4.78, 5) is 3.76. The molecule has 2 N–H and O–H groups in total. The van der Waals surface area contributed by atoms with Crippen LogP contribution in [-0.4, -0.2) is 19.1 Å².